The van der Waals surface area contributed by atoms with Crippen LogP contribution in [-0.2, 0) is 19.3 Å². The molecule has 0 nitrogen and oxygen atoms in total. The van der Waals surface area contributed by atoms with Crippen molar-refractivity contribution in [3.05, 3.63) is 34.9 Å². The fraction of sp³-hybridized carbons (Fsp3) is 0.647. The molecule has 0 atom stereocenters. The first kappa shape index (κ1) is 12.7. The van der Waals surface area contributed by atoms with Crippen molar-refractivity contribution in [3.8, 4) is 0 Å². The van der Waals surface area contributed by atoms with Gasteiger partial charge in [-0.3, -0.25) is 0 Å². The van der Waals surface area contributed by atoms with E-state index in [9.17, 15) is 0 Å². The number of unbranched alkanes of at least 4 members (excludes halogenated alkanes) is 6. The molecule has 1 aliphatic rings. The standard InChI is InChI=1S/C17H26/c1-2-3-4-5-6-7-8-10-15-11-9-12-16-13-14-17(15)16/h9,11-12H,2-8,10,13-14H2,1H3. The third kappa shape index (κ3) is 3.59. The topological polar surface area (TPSA) is 0 Å². The Morgan fingerprint density at radius 3 is 2.35 bits per heavy atom. The summed E-state index contributed by atoms with van der Waals surface area (Å²) in [6.45, 7) is 2.28. The summed E-state index contributed by atoms with van der Waals surface area (Å²) in [5, 5.41) is 0. The summed E-state index contributed by atoms with van der Waals surface area (Å²) in [4.78, 5) is 0. The number of rotatable bonds is 8. The second-order valence-corrected chi connectivity index (χ2v) is 5.43. The molecule has 0 saturated heterocycles. The van der Waals surface area contributed by atoms with Gasteiger partial charge in [0.2, 0.25) is 0 Å². The van der Waals surface area contributed by atoms with Gasteiger partial charge in [0.05, 0.1) is 0 Å². The van der Waals surface area contributed by atoms with E-state index in [1.807, 2.05) is 0 Å². The van der Waals surface area contributed by atoms with Crippen LogP contribution < -0.4 is 0 Å². The predicted molar refractivity (Wildman–Crippen MR) is 75.5 cm³/mol. The van der Waals surface area contributed by atoms with Crippen LogP contribution in [0, 0.1) is 0 Å². The van der Waals surface area contributed by atoms with E-state index in [-0.39, 0.29) is 0 Å². The van der Waals surface area contributed by atoms with Crippen LogP contribution in [0.1, 0.15) is 68.6 Å². The van der Waals surface area contributed by atoms with E-state index in [1.54, 1.807) is 16.7 Å². The minimum atomic E-state index is 1.32. The molecule has 0 N–H and O–H groups in total. The van der Waals surface area contributed by atoms with Crippen molar-refractivity contribution in [2.75, 3.05) is 0 Å². The average molecular weight is 230 g/mol. The van der Waals surface area contributed by atoms with Crippen molar-refractivity contribution in [1.82, 2.24) is 0 Å². The summed E-state index contributed by atoms with van der Waals surface area (Å²) >= 11 is 0. The molecule has 0 aliphatic heterocycles. The molecule has 2 rings (SSSR count). The third-order valence-electron chi connectivity index (χ3n) is 4.06. The van der Waals surface area contributed by atoms with Gasteiger partial charge in [-0.25, -0.2) is 0 Å². The first-order chi connectivity index (χ1) is 8.42. The summed E-state index contributed by atoms with van der Waals surface area (Å²) in [6, 6.07) is 6.89. The summed E-state index contributed by atoms with van der Waals surface area (Å²) < 4.78 is 0. The van der Waals surface area contributed by atoms with Gasteiger partial charge in [-0.1, -0.05) is 63.6 Å². The molecule has 0 aromatic heterocycles. The van der Waals surface area contributed by atoms with Gasteiger partial charge in [-0.2, -0.15) is 0 Å². The number of hydrogen-bond donors (Lipinski definition) is 0. The fourth-order valence-corrected chi connectivity index (χ4v) is 2.83. The minimum Gasteiger partial charge on any atom is -0.0654 e. The summed E-state index contributed by atoms with van der Waals surface area (Å²) in [5.74, 6) is 0. The van der Waals surface area contributed by atoms with E-state index in [4.69, 9.17) is 0 Å². The van der Waals surface area contributed by atoms with Crippen molar-refractivity contribution >= 4 is 0 Å². The van der Waals surface area contributed by atoms with E-state index < -0.39 is 0 Å². The van der Waals surface area contributed by atoms with Gasteiger partial charge in [-0.15, -0.1) is 0 Å². The molecule has 0 heteroatoms. The van der Waals surface area contributed by atoms with Crippen molar-refractivity contribution in [2.45, 2.75) is 71.1 Å². The summed E-state index contributed by atoms with van der Waals surface area (Å²) in [7, 11) is 0. The highest BCUT2D eigenvalue weighted by Gasteiger charge is 2.15. The SMILES string of the molecule is CCCCCCCCCc1cccc2c1CC2. The third-order valence-corrected chi connectivity index (χ3v) is 4.06. The van der Waals surface area contributed by atoms with Gasteiger partial charge in [0, 0.05) is 0 Å². The lowest BCUT2D eigenvalue weighted by atomic mass is 9.83. The molecule has 0 bridgehead atoms. The van der Waals surface area contributed by atoms with Crippen LogP contribution >= 0.6 is 0 Å². The normalized spacial score (nSPS) is 13.2. The molecular weight excluding hydrogens is 204 g/mol. The Morgan fingerprint density at radius 1 is 0.882 bits per heavy atom. The maximum Gasteiger partial charge on any atom is -0.0233 e. The van der Waals surface area contributed by atoms with Gasteiger partial charge in [0.1, 0.15) is 0 Å². The van der Waals surface area contributed by atoms with E-state index in [1.165, 1.54) is 64.2 Å². The van der Waals surface area contributed by atoms with E-state index in [0.29, 0.717) is 0 Å². The Balaban J connectivity index is 1.60. The largest absolute Gasteiger partial charge is 0.0654 e. The molecule has 1 aromatic rings. The first-order valence-corrected chi connectivity index (χ1v) is 7.51. The van der Waals surface area contributed by atoms with E-state index in [2.05, 4.69) is 25.1 Å². The average Bonchev–Trinajstić information content (AvgIpc) is 2.30. The highest BCUT2D eigenvalue weighted by Crippen LogP contribution is 2.27. The maximum atomic E-state index is 2.34. The van der Waals surface area contributed by atoms with Crippen LogP contribution in [0.5, 0.6) is 0 Å². The van der Waals surface area contributed by atoms with Crippen molar-refractivity contribution in [2.24, 2.45) is 0 Å². The first-order valence-electron chi connectivity index (χ1n) is 7.51. The molecule has 1 aromatic carbocycles. The zero-order valence-corrected chi connectivity index (χ0v) is 11.3. The van der Waals surface area contributed by atoms with Crippen LogP contribution in [0.4, 0.5) is 0 Å². The Kier molecular flexibility index (Phi) is 5.09. The van der Waals surface area contributed by atoms with Crippen LogP contribution in [0.15, 0.2) is 18.2 Å². The van der Waals surface area contributed by atoms with Crippen molar-refractivity contribution < 1.29 is 0 Å². The number of aryl methyl sites for hydroxylation is 2. The Labute approximate surface area is 106 Å². The number of fused-ring (bicyclic) bond motifs is 1. The lowest BCUT2D eigenvalue weighted by Gasteiger charge is -2.22. The molecule has 0 spiro atoms. The number of benzene rings is 1. The van der Waals surface area contributed by atoms with Gasteiger partial charge in [0.25, 0.3) is 0 Å². The van der Waals surface area contributed by atoms with Crippen LogP contribution in [0.3, 0.4) is 0 Å². The maximum absolute atomic E-state index is 2.34. The molecule has 94 valence electrons. The van der Waals surface area contributed by atoms with Crippen LogP contribution in [-0.4, -0.2) is 0 Å². The lowest BCUT2D eigenvalue weighted by molar-refractivity contribution is 0.587. The predicted octanol–water partition coefficient (Wildman–Crippen LogP) is 5.08. The van der Waals surface area contributed by atoms with Crippen LogP contribution in [0.2, 0.25) is 0 Å². The lowest BCUT2D eigenvalue weighted by Crippen LogP contribution is -2.11. The van der Waals surface area contributed by atoms with E-state index >= 15 is 0 Å². The van der Waals surface area contributed by atoms with Crippen molar-refractivity contribution in [1.29, 1.82) is 0 Å². The quantitative estimate of drug-likeness (QED) is 0.546. The molecule has 0 fully saturated rings. The second kappa shape index (κ2) is 6.83. The Morgan fingerprint density at radius 2 is 1.65 bits per heavy atom. The van der Waals surface area contributed by atoms with E-state index in [0.717, 1.165) is 0 Å². The van der Waals surface area contributed by atoms with Crippen molar-refractivity contribution in [3.63, 3.8) is 0 Å². The molecule has 1 aliphatic carbocycles. The minimum absolute atomic E-state index is 1.32. The van der Waals surface area contributed by atoms with Gasteiger partial charge >= 0.3 is 0 Å². The molecule has 0 saturated carbocycles. The van der Waals surface area contributed by atoms with Gasteiger partial charge < -0.3 is 0 Å². The molecule has 0 amide bonds. The smallest absolute Gasteiger partial charge is 0.0233 e. The number of hydrogen-bond acceptors (Lipinski definition) is 0. The molecule has 0 heterocycles. The zero-order valence-electron chi connectivity index (χ0n) is 11.3. The molecular formula is C17H26. The van der Waals surface area contributed by atoms with Gasteiger partial charge in [-0.05, 0) is 42.4 Å². The fourth-order valence-electron chi connectivity index (χ4n) is 2.83. The highest BCUT2D eigenvalue weighted by molar-refractivity contribution is 5.41. The Bertz CT molecular complexity index is 338. The molecule has 0 radical (unpaired) electrons. The monoisotopic (exact) mass is 230 g/mol. The highest BCUT2D eigenvalue weighted by atomic mass is 14.2. The van der Waals surface area contributed by atoms with Crippen LogP contribution in [0.25, 0.3) is 0 Å². The zero-order chi connectivity index (χ0) is 11.9. The van der Waals surface area contributed by atoms with Gasteiger partial charge in [0.15, 0.2) is 0 Å². The molecule has 0 unspecified atom stereocenters. The second-order valence-electron chi connectivity index (χ2n) is 5.43. The molecule has 17 heavy (non-hydrogen) atoms. The summed E-state index contributed by atoms with van der Waals surface area (Å²) in [6.07, 6.45) is 13.9. The Hall–Kier alpha value is -0.780. The summed E-state index contributed by atoms with van der Waals surface area (Å²) in [5.41, 5.74) is 4.94.